The quantitative estimate of drug-likeness (QED) is 0.120. The molecular weight excluding hydrogens is 711 g/mol. The first-order valence-corrected chi connectivity index (χ1v) is 20.0. The van der Waals surface area contributed by atoms with Gasteiger partial charge in [0.25, 0.3) is 0 Å². The van der Waals surface area contributed by atoms with Gasteiger partial charge in [0, 0.05) is 27.1 Å². The van der Waals surface area contributed by atoms with E-state index in [-0.39, 0.29) is 49.4 Å². The number of hydrogen-bond acceptors (Lipinski definition) is 3. The molecule has 11 rings (SSSR count). The molecule has 57 heavy (non-hydrogen) atoms. The highest BCUT2D eigenvalue weighted by atomic mass is 28.3. The lowest BCUT2D eigenvalue weighted by atomic mass is 10.2. The predicted molar refractivity (Wildman–Crippen MR) is 238 cm³/mol. The fourth-order valence-electron chi connectivity index (χ4n) is 7.86. The Labute approximate surface area is 353 Å². The number of benzene rings is 8. The first-order valence-electron chi connectivity index (χ1n) is 26.0. The van der Waals surface area contributed by atoms with Crippen LogP contribution >= 0.6 is 0 Å². The van der Waals surface area contributed by atoms with Crippen LogP contribution in [0.4, 0.5) is 0 Å². The van der Waals surface area contributed by atoms with Gasteiger partial charge in [-0.15, -0.1) is 0 Å². The summed E-state index contributed by atoms with van der Waals surface area (Å²) >= 11 is 0. The SMILES string of the molecule is [2H]c1c([2H])c([2H])c2c(c1[2H])c1c([2H])c([2H])c([2H])c([2H])c1n2-c1nc(-c2ccc([Si](c3ccccc3)(c3ccccc3)c3ccccc3)cc2)nc(-n2c3c([2H])c([2H])c([2H])c([2H])c3c3c([2H])c([2H])c([2H])c([2H])c32)n1. The number of hydrogen-bond donors (Lipinski definition) is 0. The summed E-state index contributed by atoms with van der Waals surface area (Å²) < 4.78 is 145. The Balaban J connectivity index is 1.30. The van der Waals surface area contributed by atoms with Gasteiger partial charge in [-0.1, -0.05) is 188 Å². The second-order valence-corrected chi connectivity index (χ2v) is 17.1. The molecule has 11 aromatic rings. The van der Waals surface area contributed by atoms with E-state index in [0.717, 1.165) is 29.9 Å². The van der Waals surface area contributed by atoms with Gasteiger partial charge >= 0.3 is 0 Å². The maximum atomic E-state index is 9.24. The molecule has 0 N–H and O–H groups in total. The van der Waals surface area contributed by atoms with Gasteiger partial charge in [-0.05, 0) is 44.9 Å². The maximum absolute atomic E-state index is 9.24. The third kappa shape index (κ3) is 5.19. The average Bonchev–Trinajstić information content (AvgIpc) is 3.98. The van der Waals surface area contributed by atoms with Crippen molar-refractivity contribution in [1.82, 2.24) is 24.1 Å². The molecular formula is C51H35N5Si. The molecule has 0 saturated heterocycles. The van der Waals surface area contributed by atoms with Crippen LogP contribution in [-0.2, 0) is 0 Å². The minimum atomic E-state index is -3.09. The van der Waals surface area contributed by atoms with Crippen LogP contribution in [0.5, 0.6) is 0 Å². The Morgan fingerprint density at radius 2 is 0.667 bits per heavy atom. The van der Waals surface area contributed by atoms with E-state index in [1.54, 1.807) is 12.1 Å². The molecule has 3 heterocycles. The summed E-state index contributed by atoms with van der Waals surface area (Å²) in [5, 5.41) is 3.19. The lowest BCUT2D eigenvalue weighted by Gasteiger charge is -2.34. The third-order valence-electron chi connectivity index (χ3n) is 10.3. The lowest BCUT2D eigenvalue weighted by Crippen LogP contribution is -2.74. The third-order valence-corrected chi connectivity index (χ3v) is 15.1. The maximum Gasteiger partial charge on any atom is 0.240 e. The number of fused-ring (bicyclic) bond motifs is 6. The zero-order valence-electron chi connectivity index (χ0n) is 45.7. The van der Waals surface area contributed by atoms with Gasteiger partial charge in [0.05, 0.1) is 44.0 Å². The lowest BCUT2D eigenvalue weighted by molar-refractivity contribution is 0.893. The number of nitrogens with zero attached hydrogens (tertiary/aromatic N) is 5. The molecule has 0 aliphatic rings. The Kier molecular flexibility index (Phi) is 4.82. The van der Waals surface area contributed by atoms with Crippen LogP contribution in [0.1, 0.15) is 21.9 Å². The first kappa shape index (κ1) is 20.5. The van der Waals surface area contributed by atoms with Crippen LogP contribution < -0.4 is 20.7 Å². The van der Waals surface area contributed by atoms with E-state index in [9.17, 15) is 5.48 Å². The van der Waals surface area contributed by atoms with Crippen LogP contribution in [0.25, 0.3) is 66.9 Å². The molecule has 268 valence electrons. The van der Waals surface area contributed by atoms with Crippen molar-refractivity contribution in [2.24, 2.45) is 0 Å². The Morgan fingerprint density at radius 1 is 0.351 bits per heavy atom. The van der Waals surface area contributed by atoms with Crippen molar-refractivity contribution in [2.75, 3.05) is 0 Å². The van der Waals surface area contributed by atoms with Crippen molar-refractivity contribution in [3.8, 4) is 23.3 Å². The van der Waals surface area contributed by atoms with E-state index in [4.69, 9.17) is 31.4 Å². The van der Waals surface area contributed by atoms with Gasteiger partial charge in [0.2, 0.25) is 11.9 Å². The van der Waals surface area contributed by atoms with Gasteiger partial charge < -0.3 is 0 Å². The highest BCUT2D eigenvalue weighted by Gasteiger charge is 2.41. The van der Waals surface area contributed by atoms with Crippen molar-refractivity contribution in [1.29, 1.82) is 0 Å². The molecule has 0 radical (unpaired) electrons. The molecule has 3 aromatic heterocycles. The van der Waals surface area contributed by atoms with Crippen LogP contribution in [0.2, 0.25) is 0 Å². The Hall–Kier alpha value is -7.41. The summed E-state index contributed by atoms with van der Waals surface area (Å²) in [5.41, 5.74) is -0.938. The summed E-state index contributed by atoms with van der Waals surface area (Å²) in [5.74, 6) is -1.05. The normalized spacial score (nSPS) is 15.8. The topological polar surface area (TPSA) is 48.5 Å². The van der Waals surface area contributed by atoms with Crippen LogP contribution in [0.3, 0.4) is 0 Å². The largest absolute Gasteiger partial charge is 0.278 e. The minimum absolute atomic E-state index is 0.133. The summed E-state index contributed by atoms with van der Waals surface area (Å²) in [6, 6.07) is 27.5. The first-order chi connectivity index (χ1) is 34.9. The van der Waals surface area contributed by atoms with E-state index in [1.165, 1.54) is 0 Å². The van der Waals surface area contributed by atoms with Gasteiger partial charge in [-0.3, -0.25) is 9.13 Å². The van der Waals surface area contributed by atoms with Crippen molar-refractivity contribution < 1.29 is 21.9 Å². The smallest absolute Gasteiger partial charge is 0.240 e. The molecule has 0 unspecified atom stereocenters. The molecule has 6 heteroatoms. The zero-order valence-corrected chi connectivity index (χ0v) is 30.7. The van der Waals surface area contributed by atoms with Gasteiger partial charge in [-0.2, -0.15) is 15.0 Å². The van der Waals surface area contributed by atoms with Crippen molar-refractivity contribution >= 4 is 72.4 Å². The predicted octanol–water partition coefficient (Wildman–Crippen LogP) is 9.11. The van der Waals surface area contributed by atoms with Crippen LogP contribution in [0.15, 0.2) is 212 Å². The monoisotopic (exact) mass is 761 g/mol. The number of rotatable bonds is 7. The second-order valence-electron chi connectivity index (χ2n) is 13.2. The van der Waals surface area contributed by atoms with E-state index in [2.05, 4.69) is 36.4 Å². The fourth-order valence-corrected chi connectivity index (χ4v) is 12.6. The summed E-state index contributed by atoms with van der Waals surface area (Å²) in [6.45, 7) is 0. The highest BCUT2D eigenvalue weighted by Crippen LogP contribution is 2.34. The summed E-state index contributed by atoms with van der Waals surface area (Å²) in [6.07, 6.45) is 0. The molecule has 0 saturated carbocycles. The molecule has 0 fully saturated rings. The highest BCUT2D eigenvalue weighted by molar-refractivity contribution is 7.19. The molecule has 0 spiro atoms. The summed E-state index contributed by atoms with van der Waals surface area (Å²) in [4.78, 5) is 14.6. The van der Waals surface area contributed by atoms with E-state index < -0.39 is 117 Å². The Morgan fingerprint density at radius 3 is 1.02 bits per heavy atom. The van der Waals surface area contributed by atoms with Gasteiger partial charge in [0.15, 0.2) is 13.9 Å². The Bertz CT molecular complexity index is 3720. The summed E-state index contributed by atoms with van der Waals surface area (Å²) in [7, 11) is -3.09. The van der Waals surface area contributed by atoms with Gasteiger partial charge in [0.1, 0.15) is 0 Å². The molecule has 5 nitrogen and oxygen atoms in total. The average molecular weight is 762 g/mol. The van der Waals surface area contributed by atoms with Crippen LogP contribution in [0, 0.1) is 0 Å². The fraction of sp³-hybridized carbons (Fsp3) is 0. The van der Waals surface area contributed by atoms with Crippen molar-refractivity contribution in [2.45, 2.75) is 0 Å². The van der Waals surface area contributed by atoms with Crippen molar-refractivity contribution in [3.05, 3.63) is 212 Å². The standard InChI is InChI=1S/C51H35N5Si/c1-4-18-37(19-5-1)57(38-20-6-2-7-21-38,39-22-8-3-9-23-39)40-34-32-36(33-35-40)49-52-50(55-45-28-14-10-24-41(45)42-25-11-15-29-46(42)55)54-51(53-49)56-47-30-16-12-26-43(47)44-27-13-17-31-48(44)56/h1-35H/i10D,11D,12D,13D,14D,15D,16D,17D,24D,25D,26D,27D,28D,29D,30D,31D. The second kappa shape index (κ2) is 13.4. The van der Waals surface area contributed by atoms with Crippen LogP contribution in [-0.4, -0.2) is 32.2 Å². The molecule has 0 amide bonds. The number of para-hydroxylation sites is 4. The molecule has 0 atom stereocenters. The number of aromatic nitrogens is 5. The molecule has 0 bridgehead atoms. The molecule has 8 aromatic carbocycles. The zero-order chi connectivity index (χ0) is 51.7. The molecule has 0 aliphatic carbocycles. The minimum Gasteiger partial charge on any atom is -0.278 e. The van der Waals surface area contributed by atoms with E-state index in [0.29, 0.717) is 5.56 Å². The van der Waals surface area contributed by atoms with Crippen molar-refractivity contribution in [3.63, 3.8) is 0 Å². The van der Waals surface area contributed by atoms with E-state index >= 15 is 0 Å². The van der Waals surface area contributed by atoms with E-state index in [1.807, 2.05) is 66.7 Å². The van der Waals surface area contributed by atoms with Gasteiger partial charge in [-0.25, -0.2) is 0 Å². The molecule has 0 aliphatic heterocycles.